The molecule has 0 aliphatic carbocycles. The summed E-state index contributed by atoms with van der Waals surface area (Å²) in [6.45, 7) is 3.94. The van der Waals surface area contributed by atoms with Crippen molar-refractivity contribution in [2.24, 2.45) is 0 Å². The van der Waals surface area contributed by atoms with E-state index in [1.807, 2.05) is 0 Å². The summed E-state index contributed by atoms with van der Waals surface area (Å²) in [7, 11) is 0. The molecule has 0 saturated carbocycles. The van der Waals surface area contributed by atoms with E-state index in [0.29, 0.717) is 0 Å². The number of thioether (sulfide) groups is 1. The normalized spacial score (nSPS) is 44.8. The lowest BCUT2D eigenvalue weighted by Crippen LogP contribution is -2.42. The van der Waals surface area contributed by atoms with E-state index in [-0.39, 0.29) is 0 Å². The predicted molar refractivity (Wildman–Crippen MR) is 57.2 cm³/mol. The van der Waals surface area contributed by atoms with Crippen LogP contribution >= 0.6 is 11.8 Å². The smallest absolute Gasteiger partial charge is 0.0198 e. The third-order valence-electron chi connectivity index (χ3n) is 3.63. The van der Waals surface area contributed by atoms with Gasteiger partial charge in [-0.3, -0.25) is 4.90 Å². The maximum absolute atomic E-state index is 3.59. The van der Waals surface area contributed by atoms with Gasteiger partial charge in [0, 0.05) is 36.2 Å². The monoisotopic (exact) mass is 198 g/mol. The second kappa shape index (κ2) is 3.44. The van der Waals surface area contributed by atoms with Crippen molar-refractivity contribution in [3.8, 4) is 0 Å². The van der Waals surface area contributed by atoms with Crippen LogP contribution in [0.2, 0.25) is 0 Å². The van der Waals surface area contributed by atoms with Gasteiger partial charge in [0.15, 0.2) is 0 Å². The first-order chi connectivity index (χ1) is 6.42. The van der Waals surface area contributed by atoms with Crippen LogP contribution in [0.1, 0.15) is 19.3 Å². The number of nitrogens with one attached hydrogen (secondary N) is 1. The molecule has 0 spiro atoms. The molecular weight excluding hydrogens is 180 g/mol. The van der Waals surface area contributed by atoms with Crippen molar-refractivity contribution in [2.75, 3.05) is 25.4 Å². The third-order valence-corrected chi connectivity index (χ3v) is 5.02. The van der Waals surface area contributed by atoms with E-state index < -0.39 is 0 Å². The Morgan fingerprint density at radius 3 is 3.08 bits per heavy atom. The molecule has 2 bridgehead atoms. The summed E-state index contributed by atoms with van der Waals surface area (Å²) in [6.07, 6.45) is 4.26. The van der Waals surface area contributed by atoms with Gasteiger partial charge in [-0.1, -0.05) is 0 Å². The largest absolute Gasteiger partial charge is 0.313 e. The van der Waals surface area contributed by atoms with Crippen molar-refractivity contribution < 1.29 is 0 Å². The lowest BCUT2D eigenvalue weighted by Gasteiger charge is -2.28. The van der Waals surface area contributed by atoms with Gasteiger partial charge in [-0.2, -0.15) is 11.8 Å². The summed E-state index contributed by atoms with van der Waals surface area (Å²) in [4.78, 5) is 2.73. The van der Waals surface area contributed by atoms with Crippen LogP contribution in [0.15, 0.2) is 0 Å². The zero-order valence-corrected chi connectivity index (χ0v) is 8.85. The van der Waals surface area contributed by atoms with E-state index in [9.17, 15) is 0 Å². The standard InChI is InChI=1S/C10H18N2S/c1-2-8(11-3-1)5-12-6-10-4-9(12)7-13-10/h8-11H,1-7H2/t8-,9?,10?/m1/s1. The molecule has 3 aliphatic heterocycles. The lowest BCUT2D eigenvalue weighted by molar-refractivity contribution is 0.245. The van der Waals surface area contributed by atoms with Gasteiger partial charge in [0.25, 0.3) is 0 Å². The molecular formula is C10H18N2S. The summed E-state index contributed by atoms with van der Waals surface area (Å²) < 4.78 is 0. The van der Waals surface area contributed by atoms with Gasteiger partial charge in [-0.15, -0.1) is 0 Å². The Morgan fingerprint density at radius 1 is 1.46 bits per heavy atom. The van der Waals surface area contributed by atoms with Crippen molar-refractivity contribution in [3.63, 3.8) is 0 Å². The topological polar surface area (TPSA) is 15.3 Å². The lowest BCUT2D eigenvalue weighted by atomic mass is 10.2. The Bertz CT molecular complexity index is 191. The van der Waals surface area contributed by atoms with E-state index in [0.717, 1.165) is 17.3 Å². The SMILES string of the molecule is C1CN[C@@H](CN2CC3CC2CS3)C1. The summed E-state index contributed by atoms with van der Waals surface area (Å²) in [5.41, 5.74) is 0. The summed E-state index contributed by atoms with van der Waals surface area (Å²) in [5, 5.41) is 4.57. The van der Waals surface area contributed by atoms with Crippen molar-refractivity contribution in [2.45, 2.75) is 36.6 Å². The fourth-order valence-electron chi connectivity index (χ4n) is 2.90. The highest BCUT2D eigenvalue weighted by Crippen LogP contribution is 2.37. The summed E-state index contributed by atoms with van der Waals surface area (Å²) in [5.74, 6) is 1.40. The fourth-order valence-corrected chi connectivity index (χ4v) is 4.39. The molecule has 0 amide bonds. The molecule has 3 heterocycles. The van der Waals surface area contributed by atoms with Gasteiger partial charge in [0.2, 0.25) is 0 Å². The Balaban J connectivity index is 1.55. The number of hydrogen-bond acceptors (Lipinski definition) is 3. The third kappa shape index (κ3) is 1.62. The van der Waals surface area contributed by atoms with E-state index in [1.165, 1.54) is 44.6 Å². The highest BCUT2D eigenvalue weighted by molar-refractivity contribution is 8.00. The minimum Gasteiger partial charge on any atom is -0.313 e. The van der Waals surface area contributed by atoms with Gasteiger partial charge in [-0.05, 0) is 25.8 Å². The number of fused-ring (bicyclic) bond motifs is 2. The molecule has 0 aromatic carbocycles. The van der Waals surface area contributed by atoms with Crippen LogP contribution in [0, 0.1) is 0 Å². The summed E-state index contributed by atoms with van der Waals surface area (Å²) >= 11 is 2.19. The predicted octanol–water partition coefficient (Wildman–Crippen LogP) is 0.928. The number of hydrogen-bond donors (Lipinski definition) is 1. The first-order valence-electron chi connectivity index (χ1n) is 5.51. The molecule has 0 radical (unpaired) electrons. The molecule has 3 atom stereocenters. The van der Waals surface area contributed by atoms with Gasteiger partial charge >= 0.3 is 0 Å². The van der Waals surface area contributed by atoms with E-state index in [4.69, 9.17) is 0 Å². The van der Waals surface area contributed by atoms with Crippen LogP contribution in [-0.4, -0.2) is 47.6 Å². The van der Waals surface area contributed by atoms with Gasteiger partial charge in [0.05, 0.1) is 0 Å². The van der Waals surface area contributed by atoms with Crippen LogP contribution in [0.3, 0.4) is 0 Å². The number of nitrogens with zero attached hydrogens (tertiary/aromatic N) is 1. The molecule has 0 aromatic rings. The first kappa shape index (κ1) is 8.57. The van der Waals surface area contributed by atoms with Crippen LogP contribution in [0.25, 0.3) is 0 Å². The fraction of sp³-hybridized carbons (Fsp3) is 1.00. The zero-order valence-electron chi connectivity index (χ0n) is 8.04. The molecule has 0 aromatic heterocycles. The average molecular weight is 198 g/mol. The maximum Gasteiger partial charge on any atom is 0.0198 e. The van der Waals surface area contributed by atoms with Gasteiger partial charge in [0.1, 0.15) is 0 Å². The Morgan fingerprint density at radius 2 is 2.46 bits per heavy atom. The van der Waals surface area contributed by atoms with Gasteiger partial charge in [-0.25, -0.2) is 0 Å². The Kier molecular flexibility index (Phi) is 2.27. The molecule has 2 nitrogen and oxygen atoms in total. The molecule has 3 heteroatoms. The molecule has 1 N–H and O–H groups in total. The molecule has 3 rings (SSSR count). The quantitative estimate of drug-likeness (QED) is 0.710. The average Bonchev–Trinajstić information content (AvgIpc) is 2.77. The minimum atomic E-state index is 0.810. The zero-order chi connectivity index (χ0) is 8.67. The van der Waals surface area contributed by atoms with E-state index >= 15 is 0 Å². The molecule has 3 aliphatic rings. The van der Waals surface area contributed by atoms with Crippen LogP contribution in [0.5, 0.6) is 0 Å². The van der Waals surface area contributed by atoms with E-state index in [1.54, 1.807) is 0 Å². The summed E-state index contributed by atoms with van der Waals surface area (Å²) in [6, 6.07) is 1.74. The Hall–Kier alpha value is 0.270. The molecule has 74 valence electrons. The number of rotatable bonds is 2. The first-order valence-corrected chi connectivity index (χ1v) is 6.56. The van der Waals surface area contributed by atoms with E-state index in [2.05, 4.69) is 22.0 Å². The van der Waals surface area contributed by atoms with Crippen molar-refractivity contribution >= 4 is 11.8 Å². The van der Waals surface area contributed by atoms with Crippen molar-refractivity contribution in [3.05, 3.63) is 0 Å². The van der Waals surface area contributed by atoms with Crippen molar-refractivity contribution in [1.82, 2.24) is 10.2 Å². The maximum atomic E-state index is 3.59. The van der Waals surface area contributed by atoms with Crippen LogP contribution < -0.4 is 5.32 Å². The van der Waals surface area contributed by atoms with Crippen LogP contribution in [-0.2, 0) is 0 Å². The van der Waals surface area contributed by atoms with Gasteiger partial charge < -0.3 is 5.32 Å². The molecule has 3 saturated heterocycles. The molecule has 13 heavy (non-hydrogen) atoms. The number of likely N-dealkylation sites (tertiary alicyclic amines) is 1. The second-order valence-electron chi connectivity index (χ2n) is 4.59. The Labute approximate surface area is 84.4 Å². The highest BCUT2D eigenvalue weighted by Gasteiger charge is 2.39. The minimum absolute atomic E-state index is 0.810. The molecule has 2 unspecified atom stereocenters. The van der Waals surface area contributed by atoms with Crippen LogP contribution in [0.4, 0.5) is 0 Å². The second-order valence-corrected chi connectivity index (χ2v) is 5.93. The highest BCUT2D eigenvalue weighted by atomic mass is 32.2. The van der Waals surface area contributed by atoms with Crippen molar-refractivity contribution in [1.29, 1.82) is 0 Å². The molecule has 3 fully saturated rings.